The molecule has 1 aliphatic rings. The van der Waals surface area contributed by atoms with Crippen LogP contribution in [0.25, 0.3) is 0 Å². The molecule has 2 rings (SSSR count). The maximum absolute atomic E-state index is 11.8. The van der Waals surface area contributed by atoms with Crippen molar-refractivity contribution in [3.05, 3.63) is 17.3 Å². The lowest BCUT2D eigenvalue weighted by molar-refractivity contribution is 0.0231. The summed E-state index contributed by atoms with van der Waals surface area (Å²) in [5, 5.41) is 0. The highest BCUT2D eigenvalue weighted by Gasteiger charge is 2.32. The minimum absolute atomic E-state index is 0.0867. The molecule has 1 aromatic heterocycles. The van der Waals surface area contributed by atoms with Crippen LogP contribution in [0.5, 0.6) is 0 Å². The summed E-state index contributed by atoms with van der Waals surface area (Å²) in [5.74, 6) is -0.221. The van der Waals surface area contributed by atoms with E-state index in [9.17, 15) is 9.59 Å². The topological polar surface area (TPSA) is 81.9 Å². The Morgan fingerprint density at radius 1 is 1.32 bits per heavy atom. The first-order valence-electron chi connectivity index (χ1n) is 5.85. The predicted molar refractivity (Wildman–Crippen MR) is 63.3 cm³/mol. The molecule has 0 radical (unpaired) electrons. The molecule has 0 aliphatic carbocycles. The molecule has 0 fully saturated rings. The molecule has 1 aliphatic heterocycles. The van der Waals surface area contributed by atoms with Crippen LogP contribution in [0.2, 0.25) is 0 Å². The van der Waals surface area contributed by atoms with Gasteiger partial charge in [-0.25, -0.2) is 14.6 Å². The summed E-state index contributed by atoms with van der Waals surface area (Å²) < 4.78 is 15.0. The Morgan fingerprint density at radius 2 is 2.00 bits per heavy atom. The number of carbonyl (C=O) groups is 2. The highest BCUT2D eigenvalue weighted by molar-refractivity contribution is 5.84. The molecular formula is C12H16N2O5. The van der Waals surface area contributed by atoms with Gasteiger partial charge in [0.25, 0.3) is 0 Å². The van der Waals surface area contributed by atoms with Crippen molar-refractivity contribution in [1.82, 2.24) is 9.88 Å². The smallest absolute Gasteiger partial charge is 0.411 e. The van der Waals surface area contributed by atoms with Gasteiger partial charge in [0.15, 0.2) is 0 Å². The second-order valence-electron chi connectivity index (χ2n) is 5.22. The minimum Gasteiger partial charge on any atom is -0.462 e. The molecule has 0 atom stereocenters. The Labute approximate surface area is 110 Å². The van der Waals surface area contributed by atoms with E-state index in [0.29, 0.717) is 11.5 Å². The molecule has 19 heavy (non-hydrogen) atoms. The number of aromatic nitrogens is 1. The number of fused-ring (bicyclic) bond motifs is 1. The maximum Gasteiger partial charge on any atom is 0.411 e. The molecule has 1 amide bonds. The van der Waals surface area contributed by atoms with Crippen molar-refractivity contribution in [2.75, 3.05) is 7.11 Å². The zero-order chi connectivity index (χ0) is 14.2. The lowest BCUT2D eigenvalue weighted by Crippen LogP contribution is -2.33. The van der Waals surface area contributed by atoms with Gasteiger partial charge in [0.05, 0.1) is 20.2 Å². The Hall–Kier alpha value is -2.05. The number of hydrogen-bond donors (Lipinski definition) is 0. The fourth-order valence-electron chi connectivity index (χ4n) is 1.67. The predicted octanol–water partition coefficient (Wildman–Crippen LogP) is 1.71. The van der Waals surface area contributed by atoms with Gasteiger partial charge in [-0.1, -0.05) is 0 Å². The second-order valence-corrected chi connectivity index (χ2v) is 5.22. The molecule has 2 heterocycles. The molecule has 0 spiro atoms. The molecule has 7 nitrogen and oxygen atoms in total. The van der Waals surface area contributed by atoms with E-state index in [1.807, 2.05) is 0 Å². The number of rotatable bonds is 1. The summed E-state index contributed by atoms with van der Waals surface area (Å²) in [6.45, 7) is 5.91. The lowest BCUT2D eigenvalue weighted by atomic mass is 10.2. The summed E-state index contributed by atoms with van der Waals surface area (Å²) in [6.07, 6.45) is -0.430. The first-order chi connectivity index (χ1) is 8.80. The van der Waals surface area contributed by atoms with Crippen LogP contribution in [0, 0.1) is 0 Å². The van der Waals surface area contributed by atoms with Crippen LogP contribution >= 0.6 is 0 Å². The molecule has 104 valence electrons. The van der Waals surface area contributed by atoms with E-state index in [2.05, 4.69) is 9.72 Å². The van der Waals surface area contributed by atoms with Gasteiger partial charge in [-0.15, -0.1) is 0 Å². The van der Waals surface area contributed by atoms with Crippen molar-refractivity contribution in [2.24, 2.45) is 0 Å². The Bertz CT molecular complexity index is 491. The Morgan fingerprint density at radius 3 is 2.53 bits per heavy atom. The van der Waals surface area contributed by atoms with Gasteiger partial charge >= 0.3 is 18.0 Å². The van der Waals surface area contributed by atoms with Crippen LogP contribution in [0.1, 0.15) is 42.9 Å². The third-order valence-electron chi connectivity index (χ3n) is 2.47. The van der Waals surface area contributed by atoms with E-state index in [-0.39, 0.29) is 19.0 Å². The first-order valence-corrected chi connectivity index (χ1v) is 5.85. The van der Waals surface area contributed by atoms with Crippen LogP contribution in [0.4, 0.5) is 4.79 Å². The van der Waals surface area contributed by atoms with E-state index >= 15 is 0 Å². The molecule has 0 saturated carbocycles. The number of oxazole rings is 1. The van der Waals surface area contributed by atoms with Crippen molar-refractivity contribution < 1.29 is 23.5 Å². The highest BCUT2D eigenvalue weighted by atomic mass is 16.6. The number of nitrogens with zero attached hydrogens (tertiary/aromatic N) is 2. The fourth-order valence-corrected chi connectivity index (χ4v) is 1.67. The average molecular weight is 268 g/mol. The Balaban J connectivity index is 2.04. The van der Waals surface area contributed by atoms with E-state index in [4.69, 9.17) is 9.15 Å². The number of hydrogen-bond acceptors (Lipinski definition) is 6. The second kappa shape index (κ2) is 4.56. The monoisotopic (exact) mass is 268 g/mol. The third kappa shape index (κ3) is 2.86. The lowest BCUT2D eigenvalue weighted by Gasteiger charge is -2.23. The SMILES string of the molecule is COC(=O)c1nc2c(o1)CN(C(=O)OC(C)(C)C)C2. The maximum atomic E-state index is 11.8. The van der Waals surface area contributed by atoms with Crippen molar-refractivity contribution in [1.29, 1.82) is 0 Å². The van der Waals surface area contributed by atoms with Crippen LogP contribution in [0.3, 0.4) is 0 Å². The standard InChI is InChI=1S/C12H16N2O5/c1-12(2,3)19-11(16)14-5-7-8(6-14)18-9(13-7)10(15)17-4/h5-6H2,1-4H3. The first kappa shape index (κ1) is 13.4. The fraction of sp³-hybridized carbons (Fsp3) is 0.583. The molecule has 1 aromatic rings. The van der Waals surface area contributed by atoms with E-state index in [0.717, 1.165) is 0 Å². The van der Waals surface area contributed by atoms with E-state index < -0.39 is 17.7 Å². The van der Waals surface area contributed by atoms with Crippen LogP contribution < -0.4 is 0 Å². The Kier molecular flexibility index (Phi) is 3.21. The molecule has 0 bridgehead atoms. The van der Waals surface area contributed by atoms with Crippen molar-refractivity contribution in [2.45, 2.75) is 39.5 Å². The van der Waals surface area contributed by atoms with Gasteiger partial charge in [-0.05, 0) is 20.8 Å². The largest absolute Gasteiger partial charge is 0.462 e. The van der Waals surface area contributed by atoms with Gasteiger partial charge in [-0.2, -0.15) is 0 Å². The van der Waals surface area contributed by atoms with Crippen molar-refractivity contribution in [3.63, 3.8) is 0 Å². The average Bonchev–Trinajstić information content (AvgIpc) is 2.82. The molecular weight excluding hydrogens is 252 g/mol. The van der Waals surface area contributed by atoms with E-state index in [1.165, 1.54) is 12.0 Å². The van der Waals surface area contributed by atoms with Crippen LogP contribution in [0.15, 0.2) is 4.42 Å². The van der Waals surface area contributed by atoms with Gasteiger partial charge in [0.2, 0.25) is 0 Å². The van der Waals surface area contributed by atoms with E-state index in [1.54, 1.807) is 20.8 Å². The summed E-state index contributed by atoms with van der Waals surface area (Å²) in [5.41, 5.74) is 0.0112. The summed E-state index contributed by atoms with van der Waals surface area (Å²) in [6, 6.07) is 0. The zero-order valence-electron chi connectivity index (χ0n) is 11.3. The molecule has 0 saturated heterocycles. The summed E-state index contributed by atoms with van der Waals surface area (Å²) in [7, 11) is 1.25. The van der Waals surface area contributed by atoms with Crippen molar-refractivity contribution >= 4 is 12.1 Å². The summed E-state index contributed by atoms with van der Waals surface area (Å²) in [4.78, 5) is 28.5. The van der Waals surface area contributed by atoms with Crippen LogP contribution in [-0.4, -0.2) is 34.7 Å². The van der Waals surface area contributed by atoms with Crippen LogP contribution in [-0.2, 0) is 22.6 Å². The molecule has 0 unspecified atom stereocenters. The van der Waals surface area contributed by atoms with Gasteiger partial charge in [0, 0.05) is 0 Å². The van der Waals surface area contributed by atoms with Gasteiger partial charge in [0.1, 0.15) is 17.1 Å². The third-order valence-corrected chi connectivity index (χ3v) is 2.47. The molecule has 0 aromatic carbocycles. The summed E-state index contributed by atoms with van der Waals surface area (Å²) >= 11 is 0. The number of ether oxygens (including phenoxy) is 2. The number of carbonyl (C=O) groups excluding carboxylic acids is 2. The van der Waals surface area contributed by atoms with Gasteiger partial charge < -0.3 is 13.9 Å². The normalized spacial score (nSPS) is 14.2. The highest BCUT2D eigenvalue weighted by Crippen LogP contribution is 2.25. The number of amides is 1. The van der Waals surface area contributed by atoms with Gasteiger partial charge in [-0.3, -0.25) is 4.90 Å². The zero-order valence-corrected chi connectivity index (χ0v) is 11.3. The molecule has 0 N–H and O–H groups in total. The number of methoxy groups -OCH3 is 1. The number of esters is 1. The quantitative estimate of drug-likeness (QED) is 0.721. The van der Waals surface area contributed by atoms with Crippen molar-refractivity contribution in [3.8, 4) is 0 Å². The molecule has 7 heteroatoms. The minimum atomic E-state index is -0.627.